The van der Waals surface area contributed by atoms with Crippen molar-refractivity contribution in [3.63, 3.8) is 0 Å². The molecule has 8 heteroatoms. The van der Waals surface area contributed by atoms with E-state index in [1.807, 2.05) is 9.80 Å². The Bertz CT molecular complexity index is 904. The Kier molecular flexibility index (Phi) is 7.40. The molecule has 0 bridgehead atoms. The number of carbonyl (C=O) groups is 2. The molecule has 8 nitrogen and oxygen atoms in total. The number of carbonyl (C=O) groups excluding carboxylic acids is 2. The fourth-order valence-corrected chi connectivity index (χ4v) is 5.21. The van der Waals surface area contributed by atoms with E-state index in [0.717, 1.165) is 57.2 Å². The highest BCUT2D eigenvalue weighted by molar-refractivity contribution is 5.79. The second-order valence-corrected chi connectivity index (χ2v) is 9.25. The highest BCUT2D eigenvalue weighted by atomic mass is 16.5. The number of hydrogen-bond acceptors (Lipinski definition) is 5. The van der Waals surface area contributed by atoms with Crippen LogP contribution in [-0.2, 0) is 14.3 Å². The standard InChI is InChI=1S/C24H34N4O4/c1-32-16-22(30)27-12-9-17(10-13-27)23-25-20(14-21(29)26-23)19-8-5-11-28(15-19)24(31)18-6-3-2-4-7-18/h2-3,14,17-19H,4-13,15-16H2,1H3,(H,25,26,29). The first-order valence-corrected chi connectivity index (χ1v) is 11.9. The Morgan fingerprint density at radius 3 is 2.62 bits per heavy atom. The number of piperidine rings is 2. The van der Waals surface area contributed by atoms with Gasteiger partial charge in [0.2, 0.25) is 11.8 Å². The topological polar surface area (TPSA) is 95.6 Å². The van der Waals surface area contributed by atoms with Crippen LogP contribution in [-0.4, -0.2) is 71.5 Å². The zero-order chi connectivity index (χ0) is 22.5. The van der Waals surface area contributed by atoms with Gasteiger partial charge >= 0.3 is 0 Å². The maximum absolute atomic E-state index is 13.0. The van der Waals surface area contributed by atoms with Crippen molar-refractivity contribution in [3.8, 4) is 0 Å². The first-order valence-electron chi connectivity index (χ1n) is 11.9. The van der Waals surface area contributed by atoms with Crippen LogP contribution in [0, 0.1) is 5.92 Å². The highest BCUT2D eigenvalue weighted by Gasteiger charge is 2.31. The lowest BCUT2D eigenvalue weighted by Gasteiger charge is -2.35. The van der Waals surface area contributed by atoms with Gasteiger partial charge in [-0.15, -0.1) is 0 Å². The summed E-state index contributed by atoms with van der Waals surface area (Å²) in [6.07, 6.45) is 10.4. The van der Waals surface area contributed by atoms with Gasteiger partial charge in [0.15, 0.2) is 0 Å². The second kappa shape index (κ2) is 10.4. The van der Waals surface area contributed by atoms with Crippen molar-refractivity contribution < 1.29 is 14.3 Å². The van der Waals surface area contributed by atoms with Gasteiger partial charge in [0.25, 0.3) is 5.56 Å². The first-order chi connectivity index (χ1) is 15.5. The summed E-state index contributed by atoms with van der Waals surface area (Å²) in [6, 6.07) is 1.60. The van der Waals surface area contributed by atoms with Crippen LogP contribution in [0.1, 0.15) is 68.3 Å². The van der Waals surface area contributed by atoms with Gasteiger partial charge in [-0.2, -0.15) is 0 Å². The smallest absolute Gasteiger partial charge is 0.251 e. The largest absolute Gasteiger partial charge is 0.375 e. The fraction of sp³-hybridized carbons (Fsp3) is 0.667. The third-order valence-corrected chi connectivity index (χ3v) is 7.05. The lowest BCUT2D eigenvalue weighted by Crippen LogP contribution is -2.43. The summed E-state index contributed by atoms with van der Waals surface area (Å²) in [5, 5.41) is 0. The number of methoxy groups -OCH3 is 1. The van der Waals surface area contributed by atoms with E-state index in [1.165, 1.54) is 7.11 Å². The maximum atomic E-state index is 13.0. The predicted molar refractivity (Wildman–Crippen MR) is 120 cm³/mol. The Balaban J connectivity index is 1.42. The number of ether oxygens (including phenoxy) is 1. The van der Waals surface area contributed by atoms with E-state index >= 15 is 0 Å². The van der Waals surface area contributed by atoms with E-state index in [9.17, 15) is 14.4 Å². The fourth-order valence-electron chi connectivity index (χ4n) is 5.21. The summed E-state index contributed by atoms with van der Waals surface area (Å²) in [7, 11) is 1.52. The molecule has 32 heavy (non-hydrogen) atoms. The minimum Gasteiger partial charge on any atom is -0.375 e. The Hall–Kier alpha value is -2.48. The third kappa shape index (κ3) is 5.28. The number of hydrogen-bond donors (Lipinski definition) is 1. The summed E-state index contributed by atoms with van der Waals surface area (Å²) < 4.78 is 4.95. The van der Waals surface area contributed by atoms with E-state index in [0.29, 0.717) is 25.5 Å². The number of allylic oxidation sites excluding steroid dienone is 2. The van der Waals surface area contributed by atoms with Gasteiger partial charge in [0.1, 0.15) is 12.4 Å². The van der Waals surface area contributed by atoms with Crippen LogP contribution in [0.2, 0.25) is 0 Å². The first kappa shape index (κ1) is 22.7. The quantitative estimate of drug-likeness (QED) is 0.706. The lowest BCUT2D eigenvalue weighted by atomic mass is 9.89. The zero-order valence-corrected chi connectivity index (χ0v) is 18.9. The van der Waals surface area contributed by atoms with E-state index < -0.39 is 0 Å². The monoisotopic (exact) mass is 442 g/mol. The van der Waals surface area contributed by atoms with Crippen molar-refractivity contribution in [1.82, 2.24) is 19.8 Å². The molecule has 3 heterocycles. The molecule has 2 unspecified atom stereocenters. The molecule has 1 N–H and O–H groups in total. The number of H-pyrrole nitrogens is 1. The minimum absolute atomic E-state index is 0.00146. The van der Waals surface area contributed by atoms with Crippen molar-refractivity contribution in [2.45, 2.75) is 56.8 Å². The van der Waals surface area contributed by atoms with Crippen LogP contribution in [0.25, 0.3) is 0 Å². The van der Waals surface area contributed by atoms with Crippen molar-refractivity contribution in [2.75, 3.05) is 39.9 Å². The molecule has 2 atom stereocenters. The molecule has 4 rings (SSSR count). The number of amides is 2. The molecular weight excluding hydrogens is 408 g/mol. The van der Waals surface area contributed by atoms with Crippen molar-refractivity contribution in [3.05, 3.63) is 40.1 Å². The number of rotatable bonds is 5. The second-order valence-electron chi connectivity index (χ2n) is 9.25. The number of nitrogens with one attached hydrogen (secondary N) is 1. The maximum Gasteiger partial charge on any atom is 0.251 e. The molecule has 2 saturated heterocycles. The molecule has 3 aliphatic rings. The number of aromatic amines is 1. The van der Waals surface area contributed by atoms with Gasteiger partial charge in [-0.25, -0.2) is 4.98 Å². The Morgan fingerprint density at radius 2 is 1.91 bits per heavy atom. The molecule has 0 saturated carbocycles. The molecule has 0 radical (unpaired) electrons. The molecule has 0 aromatic carbocycles. The highest BCUT2D eigenvalue weighted by Crippen LogP contribution is 2.30. The van der Waals surface area contributed by atoms with E-state index in [4.69, 9.17) is 9.72 Å². The molecule has 2 fully saturated rings. The number of nitrogens with zero attached hydrogens (tertiary/aromatic N) is 3. The van der Waals surface area contributed by atoms with Gasteiger partial charge in [0, 0.05) is 57.1 Å². The summed E-state index contributed by atoms with van der Waals surface area (Å²) in [5.41, 5.74) is 0.659. The van der Waals surface area contributed by atoms with Crippen molar-refractivity contribution >= 4 is 11.8 Å². The molecule has 0 spiro atoms. The summed E-state index contributed by atoms with van der Waals surface area (Å²) in [5.74, 6) is 1.28. The van der Waals surface area contributed by atoms with E-state index in [2.05, 4.69) is 17.1 Å². The zero-order valence-electron chi connectivity index (χ0n) is 18.9. The van der Waals surface area contributed by atoms with Gasteiger partial charge < -0.3 is 19.5 Å². The average molecular weight is 443 g/mol. The average Bonchev–Trinajstić information content (AvgIpc) is 2.84. The molecule has 1 aliphatic carbocycles. The van der Waals surface area contributed by atoms with Gasteiger partial charge in [-0.3, -0.25) is 14.4 Å². The van der Waals surface area contributed by atoms with Gasteiger partial charge in [-0.1, -0.05) is 12.2 Å². The normalized spacial score (nSPS) is 24.5. The molecule has 1 aromatic heterocycles. The molecule has 2 amide bonds. The van der Waals surface area contributed by atoms with Crippen LogP contribution >= 0.6 is 0 Å². The SMILES string of the molecule is COCC(=O)N1CCC(c2nc(C3CCCN(C(=O)C4CC=CCC4)C3)cc(=O)[nH]2)CC1. The molecular formula is C24H34N4O4. The van der Waals surface area contributed by atoms with Crippen LogP contribution < -0.4 is 5.56 Å². The minimum atomic E-state index is -0.135. The van der Waals surface area contributed by atoms with E-state index in [1.54, 1.807) is 6.07 Å². The van der Waals surface area contributed by atoms with Gasteiger partial charge in [-0.05, 0) is 44.9 Å². The van der Waals surface area contributed by atoms with Crippen LogP contribution in [0.15, 0.2) is 23.0 Å². The molecule has 174 valence electrons. The van der Waals surface area contributed by atoms with Crippen LogP contribution in [0.5, 0.6) is 0 Å². The molecule has 1 aromatic rings. The Morgan fingerprint density at radius 1 is 1.09 bits per heavy atom. The molecule has 2 aliphatic heterocycles. The summed E-state index contributed by atoms with van der Waals surface area (Å²) in [6.45, 7) is 2.81. The lowest BCUT2D eigenvalue weighted by molar-refractivity contribution is -0.137. The Labute approximate surface area is 189 Å². The van der Waals surface area contributed by atoms with Crippen LogP contribution in [0.4, 0.5) is 0 Å². The predicted octanol–water partition coefficient (Wildman–Crippen LogP) is 2.18. The van der Waals surface area contributed by atoms with Crippen molar-refractivity contribution in [2.24, 2.45) is 5.92 Å². The summed E-state index contributed by atoms with van der Waals surface area (Å²) >= 11 is 0. The van der Waals surface area contributed by atoms with Crippen LogP contribution in [0.3, 0.4) is 0 Å². The number of aromatic nitrogens is 2. The van der Waals surface area contributed by atoms with Crippen molar-refractivity contribution in [1.29, 1.82) is 0 Å². The number of likely N-dealkylation sites (tertiary alicyclic amines) is 2. The third-order valence-electron chi connectivity index (χ3n) is 7.05. The summed E-state index contributed by atoms with van der Waals surface area (Å²) in [4.78, 5) is 49.1. The van der Waals surface area contributed by atoms with E-state index in [-0.39, 0.29) is 41.7 Å². The van der Waals surface area contributed by atoms with Gasteiger partial charge in [0.05, 0.1) is 5.69 Å².